The lowest BCUT2D eigenvalue weighted by Crippen LogP contribution is -2.33. The molecule has 0 N–H and O–H groups in total. The smallest absolute Gasteiger partial charge is 0.0706 e. The maximum Gasteiger partial charge on any atom is 0.0706 e. The van der Waals surface area contributed by atoms with Crippen LogP contribution in [0.5, 0.6) is 0 Å². The summed E-state index contributed by atoms with van der Waals surface area (Å²) < 4.78 is 0. The Labute approximate surface area is 145 Å². The second kappa shape index (κ2) is 7.48. The van der Waals surface area contributed by atoms with Crippen LogP contribution in [0.15, 0.2) is 48.5 Å². The number of pyridine rings is 1. The largest absolute Gasteiger partial charge is 0.295 e. The molecule has 0 spiro atoms. The fourth-order valence-electron chi connectivity index (χ4n) is 4.58. The Morgan fingerprint density at radius 1 is 0.792 bits per heavy atom. The number of rotatable bonds is 4. The predicted molar refractivity (Wildman–Crippen MR) is 99.8 cm³/mol. The van der Waals surface area contributed by atoms with E-state index < -0.39 is 0 Å². The zero-order chi connectivity index (χ0) is 16.2. The van der Waals surface area contributed by atoms with Crippen molar-refractivity contribution < 1.29 is 0 Å². The van der Waals surface area contributed by atoms with E-state index in [0.717, 1.165) is 11.6 Å². The van der Waals surface area contributed by atoms with Crippen LogP contribution in [0, 0.1) is 5.92 Å². The molecule has 1 aromatic heterocycles. The van der Waals surface area contributed by atoms with Gasteiger partial charge in [-0.15, -0.1) is 0 Å². The number of hydrogen-bond acceptors (Lipinski definition) is 2. The molecule has 2 nitrogen and oxygen atoms in total. The Kier molecular flexibility index (Phi) is 4.94. The normalized spacial score (nSPS) is 21.0. The third kappa shape index (κ3) is 3.39. The van der Waals surface area contributed by atoms with Crippen LogP contribution in [0.4, 0.5) is 0 Å². The molecule has 1 unspecified atom stereocenters. The van der Waals surface area contributed by atoms with Crippen molar-refractivity contribution >= 4 is 0 Å². The van der Waals surface area contributed by atoms with E-state index in [-0.39, 0.29) is 0 Å². The van der Waals surface area contributed by atoms with Crippen LogP contribution in [0.1, 0.15) is 56.7 Å². The molecule has 0 bridgehead atoms. The third-order valence-electron chi connectivity index (χ3n) is 5.77. The molecular weight excluding hydrogens is 292 g/mol. The highest BCUT2D eigenvalue weighted by atomic mass is 15.2. The Morgan fingerprint density at radius 3 is 2.29 bits per heavy atom. The van der Waals surface area contributed by atoms with Gasteiger partial charge in [-0.3, -0.25) is 9.88 Å². The van der Waals surface area contributed by atoms with Crippen LogP contribution in [0.2, 0.25) is 0 Å². The first kappa shape index (κ1) is 15.8. The molecule has 1 saturated heterocycles. The second-order valence-corrected chi connectivity index (χ2v) is 7.40. The molecule has 1 aromatic carbocycles. The summed E-state index contributed by atoms with van der Waals surface area (Å²) in [6.45, 7) is 2.50. The predicted octanol–water partition coefficient (Wildman–Crippen LogP) is 5.47. The zero-order valence-corrected chi connectivity index (χ0v) is 14.5. The van der Waals surface area contributed by atoms with Crippen LogP contribution in [0.25, 0.3) is 11.3 Å². The summed E-state index contributed by atoms with van der Waals surface area (Å²) in [4.78, 5) is 7.84. The van der Waals surface area contributed by atoms with Crippen molar-refractivity contribution in [3.05, 3.63) is 54.2 Å². The molecule has 2 heterocycles. The molecule has 2 heteroatoms. The van der Waals surface area contributed by atoms with E-state index in [0.29, 0.717) is 6.04 Å². The maximum absolute atomic E-state index is 5.12. The van der Waals surface area contributed by atoms with E-state index in [1.807, 2.05) is 0 Å². The second-order valence-electron chi connectivity index (χ2n) is 7.40. The van der Waals surface area contributed by atoms with E-state index in [2.05, 4.69) is 53.4 Å². The molecule has 4 rings (SSSR count). The van der Waals surface area contributed by atoms with Gasteiger partial charge in [0.15, 0.2) is 0 Å². The highest BCUT2D eigenvalue weighted by Gasteiger charge is 2.32. The molecule has 0 radical (unpaired) electrons. The monoisotopic (exact) mass is 320 g/mol. The van der Waals surface area contributed by atoms with Crippen molar-refractivity contribution in [1.29, 1.82) is 0 Å². The Morgan fingerprint density at radius 2 is 1.54 bits per heavy atom. The fourth-order valence-corrected chi connectivity index (χ4v) is 4.58. The van der Waals surface area contributed by atoms with Gasteiger partial charge in [-0.2, -0.15) is 0 Å². The van der Waals surface area contributed by atoms with Crippen molar-refractivity contribution in [3.8, 4) is 11.3 Å². The average molecular weight is 320 g/mol. The van der Waals surface area contributed by atoms with Gasteiger partial charge in [-0.05, 0) is 56.8 Å². The van der Waals surface area contributed by atoms with Crippen LogP contribution >= 0.6 is 0 Å². The number of aromatic nitrogens is 1. The highest BCUT2D eigenvalue weighted by molar-refractivity contribution is 5.58. The molecular formula is C22H28N2. The van der Waals surface area contributed by atoms with E-state index in [9.17, 15) is 0 Å². The van der Waals surface area contributed by atoms with E-state index >= 15 is 0 Å². The van der Waals surface area contributed by atoms with Gasteiger partial charge in [0, 0.05) is 5.56 Å². The molecule has 24 heavy (non-hydrogen) atoms. The molecule has 1 saturated carbocycles. The van der Waals surface area contributed by atoms with Gasteiger partial charge >= 0.3 is 0 Å². The summed E-state index contributed by atoms with van der Waals surface area (Å²) in [6, 6.07) is 17.8. The van der Waals surface area contributed by atoms with Gasteiger partial charge in [-0.1, -0.05) is 55.7 Å². The standard InChI is InChI=1S/C22H28N2/c1-3-10-18(11-4-1)20-14-9-15-21(23-20)22(24-16-7-8-17-24)19-12-5-2-6-13-19/h1,3-4,9-11,14-15,19,22H,2,5-8,12-13,16-17H2. The van der Waals surface area contributed by atoms with Crippen LogP contribution < -0.4 is 0 Å². The Hall–Kier alpha value is -1.67. The van der Waals surface area contributed by atoms with Gasteiger partial charge in [-0.25, -0.2) is 0 Å². The lowest BCUT2D eigenvalue weighted by Gasteiger charge is -2.36. The summed E-state index contributed by atoms with van der Waals surface area (Å²) in [6.07, 6.45) is 9.65. The minimum atomic E-state index is 0.525. The minimum Gasteiger partial charge on any atom is -0.295 e. The SMILES string of the molecule is c1ccc(-c2cccc(C(C3CCCCC3)N3CCCC3)n2)cc1. The first-order chi connectivity index (χ1) is 11.9. The summed E-state index contributed by atoms with van der Waals surface area (Å²) in [5, 5.41) is 0. The molecule has 2 aromatic rings. The van der Waals surface area contributed by atoms with Gasteiger partial charge in [0.05, 0.1) is 17.4 Å². The van der Waals surface area contributed by atoms with Gasteiger partial charge in [0.1, 0.15) is 0 Å². The maximum atomic E-state index is 5.12. The number of benzene rings is 1. The first-order valence-corrected chi connectivity index (χ1v) is 9.68. The van der Waals surface area contributed by atoms with Crippen LogP contribution in [-0.2, 0) is 0 Å². The van der Waals surface area contributed by atoms with Crippen LogP contribution in [-0.4, -0.2) is 23.0 Å². The summed E-state index contributed by atoms with van der Waals surface area (Å²) in [5.74, 6) is 0.787. The summed E-state index contributed by atoms with van der Waals surface area (Å²) >= 11 is 0. The van der Waals surface area contributed by atoms with Gasteiger partial charge < -0.3 is 0 Å². The van der Waals surface area contributed by atoms with Crippen molar-refractivity contribution in [2.45, 2.75) is 51.0 Å². The molecule has 0 amide bonds. The molecule has 2 fully saturated rings. The van der Waals surface area contributed by atoms with E-state index in [1.165, 1.54) is 69.3 Å². The molecule has 1 aliphatic carbocycles. The highest BCUT2D eigenvalue weighted by Crippen LogP contribution is 2.39. The minimum absolute atomic E-state index is 0.525. The van der Waals surface area contributed by atoms with Crippen molar-refractivity contribution in [2.24, 2.45) is 5.92 Å². The first-order valence-electron chi connectivity index (χ1n) is 9.68. The quantitative estimate of drug-likeness (QED) is 0.743. The molecule has 1 atom stereocenters. The van der Waals surface area contributed by atoms with Crippen molar-refractivity contribution in [3.63, 3.8) is 0 Å². The number of hydrogen-bond donors (Lipinski definition) is 0. The van der Waals surface area contributed by atoms with Crippen molar-refractivity contribution in [1.82, 2.24) is 9.88 Å². The molecule has 2 aliphatic rings. The topological polar surface area (TPSA) is 16.1 Å². The Balaban J connectivity index is 1.66. The van der Waals surface area contributed by atoms with Crippen molar-refractivity contribution in [2.75, 3.05) is 13.1 Å². The van der Waals surface area contributed by atoms with E-state index in [1.54, 1.807) is 0 Å². The average Bonchev–Trinajstić information content (AvgIpc) is 3.18. The lowest BCUT2D eigenvalue weighted by atomic mass is 9.81. The van der Waals surface area contributed by atoms with Gasteiger partial charge in [0.25, 0.3) is 0 Å². The summed E-state index contributed by atoms with van der Waals surface area (Å²) in [5.41, 5.74) is 3.64. The van der Waals surface area contributed by atoms with Crippen LogP contribution in [0.3, 0.4) is 0 Å². The molecule has 1 aliphatic heterocycles. The van der Waals surface area contributed by atoms with E-state index in [4.69, 9.17) is 4.98 Å². The van der Waals surface area contributed by atoms with Gasteiger partial charge in [0.2, 0.25) is 0 Å². The third-order valence-corrected chi connectivity index (χ3v) is 5.77. The fraction of sp³-hybridized carbons (Fsp3) is 0.500. The summed E-state index contributed by atoms with van der Waals surface area (Å²) in [7, 11) is 0. The zero-order valence-electron chi connectivity index (χ0n) is 14.5. The lowest BCUT2D eigenvalue weighted by molar-refractivity contribution is 0.140. The number of nitrogens with zero attached hydrogens (tertiary/aromatic N) is 2. The Bertz CT molecular complexity index is 640. The molecule has 126 valence electrons. The number of likely N-dealkylation sites (tertiary alicyclic amines) is 1.